The molecule has 1 saturated heterocycles. The van der Waals surface area contributed by atoms with Gasteiger partial charge in [0.2, 0.25) is 0 Å². The molecule has 1 amide bonds. The van der Waals surface area contributed by atoms with Gasteiger partial charge in [0.25, 0.3) is 5.91 Å². The van der Waals surface area contributed by atoms with Gasteiger partial charge in [-0.25, -0.2) is 0 Å². The summed E-state index contributed by atoms with van der Waals surface area (Å²) in [4.78, 5) is 21.3. The molecular weight excluding hydrogens is 350 g/mol. The number of morpholine rings is 1. The molecule has 6 heteroatoms. The Labute approximate surface area is 159 Å². The van der Waals surface area contributed by atoms with E-state index < -0.39 is 0 Å². The van der Waals surface area contributed by atoms with Gasteiger partial charge in [-0.2, -0.15) is 0 Å². The molecule has 0 N–H and O–H groups in total. The van der Waals surface area contributed by atoms with E-state index in [1.165, 1.54) is 0 Å². The third-order valence-electron chi connectivity index (χ3n) is 4.49. The normalized spacial score (nSPS) is 15.0. The molecule has 0 bridgehead atoms. The number of benzene rings is 1. The summed E-state index contributed by atoms with van der Waals surface area (Å²) >= 11 is 6.06. The Morgan fingerprint density at radius 2 is 1.96 bits per heavy atom. The zero-order chi connectivity index (χ0) is 18.2. The molecule has 1 aromatic heterocycles. The topological polar surface area (TPSA) is 45.7 Å². The summed E-state index contributed by atoms with van der Waals surface area (Å²) in [6, 6.07) is 11.0. The van der Waals surface area contributed by atoms with Gasteiger partial charge in [0.05, 0.1) is 13.2 Å². The summed E-state index contributed by atoms with van der Waals surface area (Å²) in [5.74, 6) is 0.00582. The van der Waals surface area contributed by atoms with Crippen LogP contribution in [-0.4, -0.2) is 60.1 Å². The minimum absolute atomic E-state index is 0.00582. The Balaban J connectivity index is 1.65. The summed E-state index contributed by atoms with van der Waals surface area (Å²) in [7, 11) is 0. The van der Waals surface area contributed by atoms with Gasteiger partial charge in [0.1, 0.15) is 0 Å². The number of nitrogens with zero attached hydrogens (tertiary/aromatic N) is 3. The molecule has 5 nitrogen and oxygen atoms in total. The van der Waals surface area contributed by atoms with Crippen molar-refractivity contribution in [3.8, 4) is 0 Å². The first-order valence-corrected chi connectivity index (χ1v) is 9.34. The standard InChI is InChI=1S/C20H24ClN3O2/c21-19-4-1-3-18(15-19)20(25)24(16-17-5-7-22-8-6-17)10-2-9-23-11-13-26-14-12-23/h1,3-8,15H,2,9-14,16H2. The second-order valence-corrected chi connectivity index (χ2v) is 6.84. The second kappa shape index (κ2) is 9.67. The molecule has 1 aliphatic rings. The zero-order valence-electron chi connectivity index (χ0n) is 14.8. The van der Waals surface area contributed by atoms with E-state index in [2.05, 4.69) is 9.88 Å². The summed E-state index contributed by atoms with van der Waals surface area (Å²) in [6.45, 7) is 5.75. The van der Waals surface area contributed by atoms with Gasteiger partial charge in [-0.15, -0.1) is 0 Å². The smallest absolute Gasteiger partial charge is 0.254 e. The molecule has 0 aliphatic carbocycles. The van der Waals surface area contributed by atoms with E-state index in [4.69, 9.17) is 16.3 Å². The van der Waals surface area contributed by atoms with Gasteiger partial charge in [-0.05, 0) is 42.3 Å². The molecule has 3 rings (SSSR count). The first-order chi connectivity index (χ1) is 12.7. The van der Waals surface area contributed by atoms with Gasteiger partial charge in [-0.3, -0.25) is 14.7 Å². The third kappa shape index (κ3) is 5.53. The largest absolute Gasteiger partial charge is 0.379 e. The van der Waals surface area contributed by atoms with E-state index in [1.807, 2.05) is 29.2 Å². The predicted molar refractivity (Wildman–Crippen MR) is 102 cm³/mol. The summed E-state index contributed by atoms with van der Waals surface area (Å²) in [6.07, 6.45) is 4.44. The molecule has 0 spiro atoms. The van der Waals surface area contributed by atoms with E-state index >= 15 is 0 Å². The van der Waals surface area contributed by atoms with Gasteiger partial charge in [0.15, 0.2) is 0 Å². The van der Waals surface area contributed by atoms with Gasteiger partial charge >= 0.3 is 0 Å². The van der Waals surface area contributed by atoms with Crippen LogP contribution in [0, 0.1) is 0 Å². The van der Waals surface area contributed by atoms with Crippen LogP contribution in [0.2, 0.25) is 5.02 Å². The van der Waals surface area contributed by atoms with Gasteiger partial charge in [-0.1, -0.05) is 17.7 Å². The maximum Gasteiger partial charge on any atom is 0.254 e. The fourth-order valence-electron chi connectivity index (χ4n) is 3.08. The van der Waals surface area contributed by atoms with Crippen molar-refractivity contribution in [1.29, 1.82) is 0 Å². The van der Waals surface area contributed by atoms with Crippen LogP contribution >= 0.6 is 11.6 Å². The number of carbonyl (C=O) groups excluding carboxylic acids is 1. The number of hydrogen-bond acceptors (Lipinski definition) is 4. The minimum atomic E-state index is 0.00582. The number of halogens is 1. The molecule has 1 aromatic carbocycles. The Kier molecular flexibility index (Phi) is 7.00. The minimum Gasteiger partial charge on any atom is -0.379 e. The monoisotopic (exact) mass is 373 g/mol. The van der Waals surface area contributed by atoms with E-state index in [1.54, 1.807) is 24.5 Å². The van der Waals surface area contributed by atoms with Crippen molar-refractivity contribution in [3.05, 3.63) is 64.9 Å². The number of rotatable bonds is 7. The lowest BCUT2D eigenvalue weighted by atomic mass is 10.1. The molecule has 2 heterocycles. The van der Waals surface area contributed by atoms with Crippen LogP contribution in [0.15, 0.2) is 48.8 Å². The lowest BCUT2D eigenvalue weighted by Gasteiger charge is -2.28. The Morgan fingerprint density at radius 1 is 1.19 bits per heavy atom. The maximum absolute atomic E-state index is 13.0. The Hall–Kier alpha value is -1.95. The first-order valence-electron chi connectivity index (χ1n) is 8.96. The number of aromatic nitrogens is 1. The molecule has 1 aliphatic heterocycles. The number of carbonyl (C=O) groups is 1. The average Bonchev–Trinajstić information content (AvgIpc) is 2.68. The molecule has 0 atom stereocenters. The fourth-order valence-corrected chi connectivity index (χ4v) is 3.27. The van der Waals surface area contributed by atoms with Crippen LogP contribution in [0.1, 0.15) is 22.3 Å². The summed E-state index contributed by atoms with van der Waals surface area (Å²) in [5.41, 5.74) is 1.69. The number of pyridine rings is 1. The van der Waals surface area contributed by atoms with E-state index in [-0.39, 0.29) is 5.91 Å². The fraction of sp³-hybridized carbons (Fsp3) is 0.400. The van der Waals surface area contributed by atoms with Crippen LogP contribution in [0.25, 0.3) is 0 Å². The Morgan fingerprint density at radius 3 is 2.69 bits per heavy atom. The molecule has 0 radical (unpaired) electrons. The average molecular weight is 374 g/mol. The first kappa shape index (κ1) is 18.8. The highest BCUT2D eigenvalue weighted by Gasteiger charge is 2.17. The highest BCUT2D eigenvalue weighted by molar-refractivity contribution is 6.30. The van der Waals surface area contributed by atoms with Crippen molar-refractivity contribution in [3.63, 3.8) is 0 Å². The van der Waals surface area contributed by atoms with Crippen molar-refractivity contribution in [2.45, 2.75) is 13.0 Å². The van der Waals surface area contributed by atoms with Crippen LogP contribution in [-0.2, 0) is 11.3 Å². The molecule has 0 unspecified atom stereocenters. The van der Waals surface area contributed by atoms with Crippen molar-refractivity contribution in [1.82, 2.24) is 14.8 Å². The lowest BCUT2D eigenvalue weighted by Crippen LogP contribution is -2.39. The van der Waals surface area contributed by atoms with Gasteiger partial charge in [0, 0.05) is 55.7 Å². The van der Waals surface area contributed by atoms with E-state index in [0.717, 1.165) is 44.8 Å². The van der Waals surface area contributed by atoms with Gasteiger partial charge < -0.3 is 9.64 Å². The highest BCUT2D eigenvalue weighted by Crippen LogP contribution is 2.15. The zero-order valence-corrected chi connectivity index (χ0v) is 15.6. The maximum atomic E-state index is 13.0. The van der Waals surface area contributed by atoms with E-state index in [0.29, 0.717) is 23.7 Å². The van der Waals surface area contributed by atoms with Crippen molar-refractivity contribution >= 4 is 17.5 Å². The lowest BCUT2D eigenvalue weighted by molar-refractivity contribution is 0.0355. The number of hydrogen-bond donors (Lipinski definition) is 0. The van der Waals surface area contributed by atoms with Crippen LogP contribution in [0.4, 0.5) is 0 Å². The molecule has 0 saturated carbocycles. The molecule has 26 heavy (non-hydrogen) atoms. The third-order valence-corrected chi connectivity index (χ3v) is 4.72. The highest BCUT2D eigenvalue weighted by atomic mass is 35.5. The number of ether oxygens (including phenoxy) is 1. The molecular formula is C20H24ClN3O2. The molecule has 2 aromatic rings. The predicted octanol–water partition coefficient (Wildman–Crippen LogP) is 3.10. The van der Waals surface area contributed by atoms with Crippen LogP contribution < -0.4 is 0 Å². The van der Waals surface area contributed by atoms with E-state index in [9.17, 15) is 4.79 Å². The van der Waals surface area contributed by atoms with Crippen molar-refractivity contribution in [2.75, 3.05) is 39.4 Å². The Bertz CT molecular complexity index is 705. The summed E-state index contributed by atoms with van der Waals surface area (Å²) < 4.78 is 5.39. The van der Waals surface area contributed by atoms with Crippen LogP contribution in [0.3, 0.4) is 0 Å². The molecule has 138 valence electrons. The number of amides is 1. The molecule has 1 fully saturated rings. The van der Waals surface area contributed by atoms with Crippen molar-refractivity contribution in [2.24, 2.45) is 0 Å². The van der Waals surface area contributed by atoms with Crippen LogP contribution in [0.5, 0.6) is 0 Å². The second-order valence-electron chi connectivity index (χ2n) is 6.40. The quantitative estimate of drug-likeness (QED) is 0.748. The van der Waals surface area contributed by atoms with Crippen molar-refractivity contribution < 1.29 is 9.53 Å². The summed E-state index contributed by atoms with van der Waals surface area (Å²) in [5, 5.41) is 0.577. The SMILES string of the molecule is O=C(c1cccc(Cl)c1)N(CCCN1CCOCC1)Cc1ccncc1.